The number of aliphatic hydroxyl groups is 2. The average Bonchev–Trinajstić information content (AvgIpc) is 2.56. The molecule has 0 aromatic heterocycles. The van der Waals surface area contributed by atoms with Gasteiger partial charge in [-0.3, -0.25) is 14.6 Å². The summed E-state index contributed by atoms with van der Waals surface area (Å²) in [6.45, 7) is 5.70. The summed E-state index contributed by atoms with van der Waals surface area (Å²) in [6.07, 6.45) is 9.37. The summed E-state index contributed by atoms with van der Waals surface area (Å²) < 4.78 is 0. The Morgan fingerprint density at radius 2 is 1.31 bits per heavy atom. The summed E-state index contributed by atoms with van der Waals surface area (Å²) in [5, 5.41) is 26.2. The molecule has 6 nitrogen and oxygen atoms in total. The minimum absolute atomic E-state index is 0. The molecule has 2 rings (SSSR count). The Labute approximate surface area is 184 Å². The van der Waals surface area contributed by atoms with Gasteiger partial charge in [-0.1, -0.05) is 36.4 Å². The maximum atomic E-state index is 10.0. The molecule has 0 heterocycles. The second kappa shape index (κ2) is 16.1. The molecule has 7 heteroatoms. The third-order valence-corrected chi connectivity index (χ3v) is 2.71. The summed E-state index contributed by atoms with van der Waals surface area (Å²) in [6, 6.07) is 9.56. The van der Waals surface area contributed by atoms with Crippen LogP contribution in [0.15, 0.2) is 83.3 Å². The van der Waals surface area contributed by atoms with Crippen LogP contribution in [0.3, 0.4) is 0 Å². The van der Waals surface area contributed by atoms with Crippen molar-refractivity contribution in [2.24, 2.45) is 4.99 Å². The monoisotopic (exact) mass is 483 g/mol. The Kier molecular flexibility index (Phi) is 15.7. The van der Waals surface area contributed by atoms with E-state index in [1.165, 1.54) is 39.8 Å². The summed E-state index contributed by atoms with van der Waals surface area (Å²) in [5.74, 6) is -0.125. The number of benzene rings is 1. The standard InChI is InChI=1S/C12H9N2.2C5H8O2.Ru/c13-11-8-4-5-9-12(11)14-10-6-2-1-3-7-10;2*1-4(6)3-5(2)7;/h1-9H;2*3,6H,1-2H3;/q-1;;;+1/b;2*4-3-;. The van der Waals surface area contributed by atoms with Crippen molar-refractivity contribution in [3.05, 3.63) is 83.7 Å². The molecule has 0 bridgehead atoms. The minimum Gasteiger partial charge on any atom is -0.802 e. The number of hydrogen-bond donors (Lipinski definition) is 2. The number of carbonyl (C=O) groups is 2. The molecule has 1 aromatic carbocycles. The van der Waals surface area contributed by atoms with Crippen molar-refractivity contribution in [3.8, 4) is 0 Å². The molecule has 0 unspecified atom stereocenters. The van der Waals surface area contributed by atoms with Crippen molar-refractivity contribution in [3.63, 3.8) is 0 Å². The van der Waals surface area contributed by atoms with Gasteiger partial charge in [0.25, 0.3) is 0 Å². The minimum atomic E-state index is -0.125. The predicted molar refractivity (Wildman–Crippen MR) is 114 cm³/mol. The molecule has 0 saturated carbocycles. The third kappa shape index (κ3) is 16.9. The van der Waals surface area contributed by atoms with Gasteiger partial charge >= 0.3 is 19.5 Å². The van der Waals surface area contributed by atoms with Gasteiger partial charge in [-0.2, -0.15) is 0 Å². The van der Waals surface area contributed by atoms with Gasteiger partial charge in [-0.05, 0) is 45.9 Å². The van der Waals surface area contributed by atoms with Crippen LogP contribution in [0.4, 0.5) is 5.69 Å². The van der Waals surface area contributed by atoms with E-state index in [0.717, 1.165) is 5.69 Å². The quantitative estimate of drug-likeness (QED) is 0.274. The first-order valence-electron chi connectivity index (χ1n) is 8.42. The van der Waals surface area contributed by atoms with E-state index >= 15 is 0 Å². The number of carbonyl (C=O) groups excluding carboxylic acids is 2. The summed E-state index contributed by atoms with van der Waals surface area (Å²) in [4.78, 5) is 24.3. The molecule has 29 heavy (non-hydrogen) atoms. The molecule has 0 aliphatic heterocycles. The van der Waals surface area contributed by atoms with Crippen molar-refractivity contribution in [1.82, 2.24) is 0 Å². The first kappa shape index (κ1) is 28.3. The molecule has 1 aliphatic carbocycles. The molecule has 0 fully saturated rings. The number of aliphatic hydroxyl groups excluding tert-OH is 2. The van der Waals surface area contributed by atoms with Gasteiger partial charge < -0.3 is 15.6 Å². The molecule has 0 saturated heterocycles. The van der Waals surface area contributed by atoms with Gasteiger partial charge in [-0.15, -0.1) is 5.71 Å². The molecule has 1 radical (unpaired) electrons. The fourth-order valence-electron chi connectivity index (χ4n) is 1.79. The van der Waals surface area contributed by atoms with Crippen LogP contribution in [0.2, 0.25) is 0 Å². The first-order valence-corrected chi connectivity index (χ1v) is 8.42. The van der Waals surface area contributed by atoms with E-state index < -0.39 is 0 Å². The Balaban J connectivity index is 0. The topological polar surface area (TPSA) is 109 Å². The van der Waals surface area contributed by atoms with E-state index in [1.54, 1.807) is 18.2 Å². The summed E-state index contributed by atoms with van der Waals surface area (Å²) in [7, 11) is 0. The molecule has 155 valence electrons. The number of allylic oxidation sites excluding steroid dienone is 8. The van der Waals surface area contributed by atoms with Crippen LogP contribution in [-0.2, 0) is 29.1 Å². The Hall–Kier alpha value is -2.92. The molecule has 0 spiro atoms. The van der Waals surface area contributed by atoms with Crippen molar-refractivity contribution in [2.75, 3.05) is 0 Å². The number of rotatable bonds is 3. The zero-order valence-electron chi connectivity index (χ0n) is 16.8. The predicted octanol–water partition coefficient (Wildman–Crippen LogP) is 4.97. The SMILES string of the molecule is CC(=O)/C=C(/C)O.CC(=O)/C=C(/C)O.[N-]=C1C=CC=CC1=Nc1ccccc1.[Ru+]. The summed E-state index contributed by atoms with van der Waals surface area (Å²) in [5.41, 5.74) is 1.64. The van der Waals surface area contributed by atoms with E-state index in [2.05, 4.69) is 4.99 Å². The van der Waals surface area contributed by atoms with Crippen LogP contribution >= 0.6 is 0 Å². The van der Waals surface area contributed by atoms with Gasteiger partial charge in [0.15, 0.2) is 11.6 Å². The molecular formula is C22H25N2O4Ru. The van der Waals surface area contributed by atoms with E-state index in [4.69, 9.17) is 10.2 Å². The van der Waals surface area contributed by atoms with Crippen LogP contribution in [0.25, 0.3) is 5.41 Å². The Morgan fingerprint density at radius 1 is 0.862 bits per heavy atom. The van der Waals surface area contributed by atoms with Crippen molar-refractivity contribution in [1.29, 1.82) is 0 Å². The van der Waals surface area contributed by atoms with Crippen molar-refractivity contribution >= 4 is 28.7 Å². The second-order valence-corrected chi connectivity index (χ2v) is 5.73. The molecule has 0 amide bonds. The molecule has 0 atom stereocenters. The zero-order valence-corrected chi connectivity index (χ0v) is 18.5. The maximum absolute atomic E-state index is 10.0. The van der Waals surface area contributed by atoms with E-state index in [9.17, 15) is 15.0 Å². The number of ketones is 2. The van der Waals surface area contributed by atoms with Gasteiger partial charge in [0, 0.05) is 17.9 Å². The molecule has 1 aromatic rings. The summed E-state index contributed by atoms with van der Waals surface area (Å²) >= 11 is 0. The normalized spacial score (nSPS) is 14.1. The Morgan fingerprint density at radius 3 is 1.66 bits per heavy atom. The first-order chi connectivity index (χ1) is 13.1. The molecular weight excluding hydrogens is 457 g/mol. The van der Waals surface area contributed by atoms with E-state index in [1.807, 2.05) is 36.4 Å². The number of para-hydroxylation sites is 1. The van der Waals surface area contributed by atoms with Gasteiger partial charge in [-0.25, -0.2) is 0 Å². The Bertz CT molecular complexity index is 800. The fourth-order valence-corrected chi connectivity index (χ4v) is 1.79. The van der Waals surface area contributed by atoms with Crippen LogP contribution in [0.5, 0.6) is 0 Å². The van der Waals surface area contributed by atoms with Crippen LogP contribution in [0, 0.1) is 0 Å². The smallest absolute Gasteiger partial charge is 0.802 e. The van der Waals surface area contributed by atoms with E-state index in [-0.39, 0.29) is 48.3 Å². The third-order valence-electron chi connectivity index (χ3n) is 2.71. The maximum Gasteiger partial charge on any atom is 1.00 e. The number of nitrogens with zero attached hydrogens (tertiary/aromatic N) is 2. The van der Waals surface area contributed by atoms with Gasteiger partial charge in [0.1, 0.15) is 0 Å². The molecule has 2 N–H and O–H groups in total. The van der Waals surface area contributed by atoms with Crippen molar-refractivity contribution < 1.29 is 39.3 Å². The van der Waals surface area contributed by atoms with Crippen molar-refractivity contribution in [2.45, 2.75) is 27.7 Å². The second-order valence-electron chi connectivity index (χ2n) is 5.73. The fraction of sp³-hybridized carbons (Fsp3) is 0.182. The van der Waals surface area contributed by atoms with E-state index in [0.29, 0.717) is 5.71 Å². The number of aliphatic imine (C=N–C) groups is 1. The molecule has 1 aliphatic rings. The van der Waals surface area contributed by atoms with Gasteiger partial charge in [0.05, 0.1) is 17.2 Å². The number of hydrogen-bond acceptors (Lipinski definition) is 5. The van der Waals surface area contributed by atoms with Gasteiger partial charge in [0.2, 0.25) is 0 Å². The zero-order chi connectivity index (χ0) is 21.5. The average molecular weight is 483 g/mol. The van der Waals surface area contributed by atoms with Crippen LogP contribution < -0.4 is 0 Å². The van der Waals surface area contributed by atoms with Crippen LogP contribution in [0.1, 0.15) is 27.7 Å². The van der Waals surface area contributed by atoms with Crippen LogP contribution in [-0.4, -0.2) is 33.2 Å². The largest absolute Gasteiger partial charge is 1.00 e.